The lowest BCUT2D eigenvalue weighted by Crippen LogP contribution is -2.20. The normalized spacial score (nSPS) is 10.6. The fourth-order valence-corrected chi connectivity index (χ4v) is 2.80. The number of esters is 1. The van der Waals surface area contributed by atoms with E-state index in [2.05, 4.69) is 5.32 Å². The van der Waals surface area contributed by atoms with Gasteiger partial charge >= 0.3 is 5.97 Å². The van der Waals surface area contributed by atoms with Gasteiger partial charge in [0, 0.05) is 16.3 Å². The van der Waals surface area contributed by atoms with Gasteiger partial charge in [0.15, 0.2) is 5.96 Å². The van der Waals surface area contributed by atoms with Crippen molar-refractivity contribution in [2.75, 3.05) is 17.7 Å². The van der Waals surface area contributed by atoms with Crippen molar-refractivity contribution < 1.29 is 14.3 Å². The van der Waals surface area contributed by atoms with Gasteiger partial charge < -0.3 is 20.5 Å². The number of anilines is 1. The van der Waals surface area contributed by atoms with Gasteiger partial charge in [0.1, 0.15) is 5.75 Å². The molecule has 26 heavy (non-hydrogen) atoms. The molecule has 0 saturated carbocycles. The van der Waals surface area contributed by atoms with Crippen LogP contribution in [0.15, 0.2) is 53.4 Å². The Balaban J connectivity index is 1.85. The molecule has 0 radical (unpaired) electrons. The van der Waals surface area contributed by atoms with Gasteiger partial charge in [-0.2, -0.15) is 0 Å². The molecule has 0 aromatic heterocycles. The summed E-state index contributed by atoms with van der Waals surface area (Å²) < 4.78 is 10.9. The minimum atomic E-state index is -0.440. The lowest BCUT2D eigenvalue weighted by Gasteiger charge is -2.08. The van der Waals surface area contributed by atoms with Crippen LogP contribution in [-0.4, -0.2) is 30.4 Å². The Morgan fingerprint density at radius 3 is 2.38 bits per heavy atom. The van der Waals surface area contributed by atoms with Crippen molar-refractivity contribution >= 4 is 29.4 Å². The predicted molar refractivity (Wildman–Crippen MR) is 105 cm³/mol. The zero-order valence-corrected chi connectivity index (χ0v) is 15.6. The first-order chi connectivity index (χ1) is 12.4. The number of carbonyl (C=O) groups is 1. The zero-order chi connectivity index (χ0) is 18.9. The standard InChI is InChI=1S/C19H23N3O3S/c1-13(2)24-11-12-26-17-9-7-16(8-10-17)25-18(23)14-3-5-15(6-4-14)22-19(20)21/h3-10,13H,11-12H2,1-2H3,(H4,20,21,22). The summed E-state index contributed by atoms with van der Waals surface area (Å²) in [6, 6.07) is 13.9. The van der Waals surface area contributed by atoms with Crippen LogP contribution in [0.5, 0.6) is 5.75 Å². The first-order valence-corrected chi connectivity index (χ1v) is 9.20. The molecule has 2 aromatic rings. The van der Waals surface area contributed by atoms with E-state index in [-0.39, 0.29) is 12.1 Å². The third kappa shape index (κ3) is 6.78. The van der Waals surface area contributed by atoms with Crippen LogP contribution in [-0.2, 0) is 4.74 Å². The molecular weight excluding hydrogens is 350 g/mol. The number of hydrogen-bond acceptors (Lipinski definition) is 5. The predicted octanol–water partition coefficient (Wildman–Crippen LogP) is 3.73. The molecule has 0 heterocycles. The smallest absolute Gasteiger partial charge is 0.343 e. The lowest BCUT2D eigenvalue weighted by atomic mass is 10.2. The van der Waals surface area contributed by atoms with Gasteiger partial charge in [-0.3, -0.25) is 5.41 Å². The summed E-state index contributed by atoms with van der Waals surface area (Å²) in [5.41, 5.74) is 6.32. The van der Waals surface area contributed by atoms with E-state index in [9.17, 15) is 4.79 Å². The van der Waals surface area contributed by atoms with Crippen LogP contribution in [0.2, 0.25) is 0 Å². The van der Waals surface area contributed by atoms with Crippen molar-refractivity contribution in [2.45, 2.75) is 24.8 Å². The number of benzene rings is 2. The third-order valence-corrected chi connectivity index (χ3v) is 4.21. The molecule has 0 atom stereocenters. The maximum absolute atomic E-state index is 12.2. The molecule has 0 fully saturated rings. The summed E-state index contributed by atoms with van der Waals surface area (Å²) in [6.07, 6.45) is 0.240. The van der Waals surface area contributed by atoms with Gasteiger partial charge in [0.25, 0.3) is 0 Å². The van der Waals surface area contributed by atoms with Gasteiger partial charge in [-0.1, -0.05) is 0 Å². The molecular formula is C19H23N3O3S. The van der Waals surface area contributed by atoms with Gasteiger partial charge in [-0.25, -0.2) is 4.79 Å². The number of nitrogens with two attached hydrogens (primary N) is 1. The topological polar surface area (TPSA) is 97.4 Å². The van der Waals surface area contributed by atoms with Crippen LogP contribution in [0.3, 0.4) is 0 Å². The molecule has 2 aromatic carbocycles. The second kappa shape index (κ2) is 9.84. The highest BCUT2D eigenvalue weighted by molar-refractivity contribution is 7.99. The third-order valence-electron chi connectivity index (χ3n) is 3.24. The first kappa shape index (κ1) is 19.8. The van der Waals surface area contributed by atoms with Gasteiger partial charge in [-0.15, -0.1) is 11.8 Å². The second-order valence-corrected chi connectivity index (χ2v) is 6.91. The first-order valence-electron chi connectivity index (χ1n) is 8.22. The van der Waals surface area contributed by atoms with E-state index in [0.29, 0.717) is 23.6 Å². The van der Waals surface area contributed by atoms with Crippen LogP contribution < -0.4 is 15.8 Å². The molecule has 0 bridgehead atoms. The van der Waals surface area contributed by atoms with Crippen molar-refractivity contribution in [3.8, 4) is 5.75 Å². The largest absolute Gasteiger partial charge is 0.423 e. The molecule has 4 N–H and O–H groups in total. The molecule has 6 nitrogen and oxygen atoms in total. The van der Waals surface area contributed by atoms with Crippen molar-refractivity contribution in [2.24, 2.45) is 5.73 Å². The molecule has 0 aliphatic heterocycles. The van der Waals surface area contributed by atoms with E-state index in [1.807, 2.05) is 26.0 Å². The lowest BCUT2D eigenvalue weighted by molar-refractivity contribution is 0.0734. The Labute approximate surface area is 157 Å². The number of nitrogens with one attached hydrogen (secondary N) is 2. The summed E-state index contributed by atoms with van der Waals surface area (Å²) in [6.45, 7) is 4.73. The van der Waals surface area contributed by atoms with Crippen LogP contribution in [0, 0.1) is 5.41 Å². The van der Waals surface area contributed by atoms with E-state index < -0.39 is 5.97 Å². The number of guanidine groups is 1. The summed E-state index contributed by atoms with van der Waals surface area (Å²) in [4.78, 5) is 13.3. The number of thioether (sulfide) groups is 1. The maximum Gasteiger partial charge on any atom is 0.343 e. The van der Waals surface area contributed by atoms with Crippen molar-refractivity contribution in [1.82, 2.24) is 0 Å². The Morgan fingerprint density at radius 2 is 1.81 bits per heavy atom. The highest BCUT2D eigenvalue weighted by Gasteiger charge is 2.09. The van der Waals surface area contributed by atoms with Crippen LogP contribution in [0.1, 0.15) is 24.2 Å². The highest BCUT2D eigenvalue weighted by atomic mass is 32.2. The van der Waals surface area contributed by atoms with Crippen LogP contribution in [0.25, 0.3) is 0 Å². The van der Waals surface area contributed by atoms with E-state index in [4.69, 9.17) is 20.6 Å². The Hall–Kier alpha value is -2.51. The molecule has 2 rings (SSSR count). The SMILES string of the molecule is CC(C)OCCSc1ccc(OC(=O)c2ccc(NC(=N)N)cc2)cc1. The average molecular weight is 373 g/mol. The van der Waals surface area contributed by atoms with Gasteiger partial charge in [0.2, 0.25) is 0 Å². The van der Waals surface area contributed by atoms with E-state index in [1.165, 1.54) is 0 Å². The fraction of sp³-hybridized carbons (Fsp3) is 0.263. The van der Waals surface area contributed by atoms with E-state index in [1.54, 1.807) is 48.2 Å². The Kier molecular flexibility index (Phi) is 7.50. The maximum atomic E-state index is 12.2. The number of hydrogen-bond donors (Lipinski definition) is 3. The van der Waals surface area contributed by atoms with Crippen LogP contribution in [0.4, 0.5) is 5.69 Å². The van der Waals surface area contributed by atoms with Crippen molar-refractivity contribution in [1.29, 1.82) is 5.41 Å². The van der Waals surface area contributed by atoms with Crippen molar-refractivity contribution in [3.63, 3.8) is 0 Å². The molecule has 7 heteroatoms. The summed E-state index contributed by atoms with van der Waals surface area (Å²) in [7, 11) is 0. The fourth-order valence-electron chi connectivity index (χ4n) is 2.06. The quantitative estimate of drug-likeness (QED) is 0.163. The van der Waals surface area contributed by atoms with E-state index >= 15 is 0 Å². The summed E-state index contributed by atoms with van der Waals surface area (Å²) in [5, 5.41) is 9.83. The number of rotatable bonds is 8. The molecule has 0 spiro atoms. The average Bonchev–Trinajstić information content (AvgIpc) is 2.60. The highest BCUT2D eigenvalue weighted by Crippen LogP contribution is 2.22. The Bertz CT molecular complexity index is 731. The van der Waals surface area contributed by atoms with Gasteiger partial charge in [-0.05, 0) is 62.4 Å². The molecule has 0 amide bonds. The van der Waals surface area contributed by atoms with Crippen LogP contribution >= 0.6 is 11.8 Å². The number of ether oxygens (including phenoxy) is 2. The Morgan fingerprint density at radius 1 is 1.15 bits per heavy atom. The van der Waals surface area contributed by atoms with Crippen molar-refractivity contribution in [3.05, 3.63) is 54.1 Å². The zero-order valence-electron chi connectivity index (χ0n) is 14.8. The van der Waals surface area contributed by atoms with Gasteiger partial charge in [0.05, 0.1) is 18.3 Å². The minimum Gasteiger partial charge on any atom is -0.423 e. The summed E-state index contributed by atoms with van der Waals surface area (Å²) >= 11 is 1.69. The minimum absolute atomic E-state index is 0.158. The molecule has 0 aliphatic rings. The molecule has 0 saturated heterocycles. The van der Waals surface area contributed by atoms with E-state index in [0.717, 1.165) is 10.6 Å². The monoisotopic (exact) mass is 373 g/mol. The summed E-state index contributed by atoms with van der Waals surface area (Å²) in [5.74, 6) is 0.765. The number of carbonyl (C=O) groups excluding carboxylic acids is 1. The molecule has 0 unspecified atom stereocenters. The molecule has 0 aliphatic carbocycles. The second-order valence-electron chi connectivity index (χ2n) is 5.74. The molecule has 138 valence electrons.